The molecule has 138 valence electrons. The summed E-state index contributed by atoms with van der Waals surface area (Å²) >= 11 is 0. The van der Waals surface area contributed by atoms with Gasteiger partial charge in [0.1, 0.15) is 11.6 Å². The molecule has 0 saturated carbocycles. The van der Waals surface area contributed by atoms with Crippen molar-refractivity contribution in [2.45, 2.75) is 18.5 Å². The molecule has 2 aliphatic rings. The minimum Gasteiger partial charge on any atom is -0.465 e. The number of nitrogens with two attached hydrogens (primary N) is 1. The normalized spacial score (nSPS) is 21.4. The number of carbonyl (C=O) groups is 1. The van der Waals surface area contributed by atoms with Crippen molar-refractivity contribution < 1.29 is 14.3 Å². The Kier molecular flexibility index (Phi) is 3.27. The number of hydrogen-bond acceptors (Lipinski definition) is 5. The summed E-state index contributed by atoms with van der Waals surface area (Å²) in [6.45, 7) is 1.10. The maximum atomic E-state index is 13.7. The molecular formula is C18H17FN6O2. The minimum absolute atomic E-state index is 0.00627. The van der Waals surface area contributed by atoms with Gasteiger partial charge < -0.3 is 20.6 Å². The molecule has 2 aliphatic heterocycles. The Bertz CT molecular complexity index is 1070. The van der Waals surface area contributed by atoms with E-state index in [9.17, 15) is 14.3 Å². The molecule has 2 aromatic heterocycles. The van der Waals surface area contributed by atoms with E-state index >= 15 is 0 Å². The Balaban J connectivity index is 1.51. The van der Waals surface area contributed by atoms with Crippen molar-refractivity contribution in [2.75, 3.05) is 23.7 Å². The highest BCUT2D eigenvalue weighted by Gasteiger charge is 2.45. The van der Waals surface area contributed by atoms with Crippen LogP contribution in [0.25, 0.3) is 16.6 Å². The first-order valence-corrected chi connectivity index (χ1v) is 8.67. The average molecular weight is 368 g/mol. The largest absolute Gasteiger partial charge is 0.465 e. The van der Waals surface area contributed by atoms with Gasteiger partial charge in [0.15, 0.2) is 5.82 Å². The quantitative estimate of drug-likeness (QED) is 0.718. The van der Waals surface area contributed by atoms with E-state index in [1.165, 1.54) is 17.0 Å². The third-order valence-corrected chi connectivity index (χ3v) is 5.43. The third-order valence-electron chi connectivity index (χ3n) is 5.43. The van der Waals surface area contributed by atoms with Gasteiger partial charge in [-0.05, 0) is 24.6 Å². The first-order valence-electron chi connectivity index (χ1n) is 8.67. The van der Waals surface area contributed by atoms with Gasteiger partial charge in [-0.3, -0.25) is 0 Å². The van der Waals surface area contributed by atoms with Gasteiger partial charge in [-0.25, -0.2) is 18.9 Å². The van der Waals surface area contributed by atoms with Crippen molar-refractivity contribution in [3.8, 4) is 5.69 Å². The van der Waals surface area contributed by atoms with Crippen LogP contribution in [-0.4, -0.2) is 56.0 Å². The third kappa shape index (κ3) is 2.38. The van der Waals surface area contributed by atoms with Crippen molar-refractivity contribution >= 4 is 28.6 Å². The van der Waals surface area contributed by atoms with E-state index in [-0.39, 0.29) is 17.9 Å². The number of fused-ring (bicyclic) bond motifs is 3. The fourth-order valence-electron chi connectivity index (χ4n) is 4.19. The highest BCUT2D eigenvalue weighted by atomic mass is 19.1. The second kappa shape index (κ2) is 5.57. The second-order valence-electron chi connectivity index (χ2n) is 6.96. The van der Waals surface area contributed by atoms with Gasteiger partial charge >= 0.3 is 6.09 Å². The Labute approximate surface area is 153 Å². The first kappa shape index (κ1) is 15.9. The summed E-state index contributed by atoms with van der Waals surface area (Å²) in [6, 6.07) is 8.16. The van der Waals surface area contributed by atoms with Crippen LogP contribution in [-0.2, 0) is 0 Å². The van der Waals surface area contributed by atoms with E-state index in [1.807, 2.05) is 6.07 Å². The van der Waals surface area contributed by atoms with Crippen LogP contribution in [0.4, 0.5) is 20.8 Å². The Hall–Kier alpha value is -3.36. The Morgan fingerprint density at radius 1 is 1.22 bits per heavy atom. The van der Waals surface area contributed by atoms with E-state index in [1.54, 1.807) is 23.0 Å². The summed E-state index contributed by atoms with van der Waals surface area (Å²) in [4.78, 5) is 19.3. The molecule has 4 heterocycles. The van der Waals surface area contributed by atoms with E-state index in [0.29, 0.717) is 29.8 Å². The molecule has 1 aromatic carbocycles. The second-order valence-corrected chi connectivity index (χ2v) is 6.96. The van der Waals surface area contributed by atoms with Gasteiger partial charge in [-0.1, -0.05) is 0 Å². The lowest BCUT2D eigenvalue weighted by atomic mass is 10.2. The maximum absolute atomic E-state index is 13.7. The molecule has 2 saturated heterocycles. The molecule has 2 atom stereocenters. The number of halogens is 1. The van der Waals surface area contributed by atoms with Gasteiger partial charge in [0.2, 0.25) is 0 Å². The summed E-state index contributed by atoms with van der Waals surface area (Å²) in [6.07, 6.45) is 1.61. The highest BCUT2D eigenvalue weighted by molar-refractivity contribution is 5.90. The summed E-state index contributed by atoms with van der Waals surface area (Å²) in [5.41, 5.74) is 7.29. The summed E-state index contributed by atoms with van der Waals surface area (Å²) < 4.78 is 15.3. The number of rotatable bonds is 2. The molecule has 5 rings (SSSR count). The van der Waals surface area contributed by atoms with Gasteiger partial charge in [0, 0.05) is 36.8 Å². The summed E-state index contributed by atoms with van der Waals surface area (Å²) in [7, 11) is 0. The van der Waals surface area contributed by atoms with Crippen LogP contribution in [0.1, 0.15) is 6.42 Å². The molecule has 3 aromatic rings. The van der Waals surface area contributed by atoms with Crippen LogP contribution in [0.5, 0.6) is 0 Å². The molecule has 2 bridgehead atoms. The lowest BCUT2D eigenvalue weighted by molar-refractivity contribution is 0.137. The van der Waals surface area contributed by atoms with E-state index < -0.39 is 6.09 Å². The Morgan fingerprint density at radius 3 is 2.81 bits per heavy atom. The molecule has 9 heteroatoms. The number of nitrogen functional groups attached to an aromatic ring is 1. The fourth-order valence-corrected chi connectivity index (χ4v) is 4.19. The smallest absolute Gasteiger partial charge is 0.407 e. The molecular weight excluding hydrogens is 351 g/mol. The molecule has 0 radical (unpaired) electrons. The highest BCUT2D eigenvalue weighted by Crippen LogP contribution is 2.34. The van der Waals surface area contributed by atoms with Crippen molar-refractivity contribution in [2.24, 2.45) is 0 Å². The lowest BCUT2D eigenvalue weighted by Gasteiger charge is -2.33. The Morgan fingerprint density at radius 2 is 2.07 bits per heavy atom. The van der Waals surface area contributed by atoms with E-state index in [4.69, 9.17) is 5.73 Å². The summed E-state index contributed by atoms with van der Waals surface area (Å²) in [5.74, 6) is 0.730. The zero-order chi connectivity index (χ0) is 18.7. The van der Waals surface area contributed by atoms with Crippen LogP contribution in [0.2, 0.25) is 0 Å². The minimum atomic E-state index is -0.871. The molecule has 0 spiro atoms. The van der Waals surface area contributed by atoms with Gasteiger partial charge in [0.05, 0.1) is 23.3 Å². The molecule has 2 unspecified atom stereocenters. The molecule has 0 aliphatic carbocycles. The predicted molar refractivity (Wildman–Crippen MR) is 97.5 cm³/mol. The number of carboxylic acid groups (broad SMARTS) is 1. The molecule has 2 fully saturated rings. The van der Waals surface area contributed by atoms with Crippen molar-refractivity contribution in [3.63, 3.8) is 0 Å². The van der Waals surface area contributed by atoms with Crippen LogP contribution in [0.3, 0.4) is 0 Å². The number of aromatic nitrogens is 3. The maximum Gasteiger partial charge on any atom is 0.407 e. The van der Waals surface area contributed by atoms with Crippen LogP contribution < -0.4 is 10.6 Å². The fraction of sp³-hybridized carbons (Fsp3) is 0.278. The number of benzene rings is 1. The summed E-state index contributed by atoms with van der Waals surface area (Å²) in [5, 5.41) is 14.3. The van der Waals surface area contributed by atoms with Gasteiger partial charge in [-0.15, -0.1) is 5.10 Å². The molecule has 8 nitrogen and oxygen atoms in total. The van der Waals surface area contributed by atoms with E-state index in [0.717, 1.165) is 17.9 Å². The van der Waals surface area contributed by atoms with Gasteiger partial charge in [-0.2, -0.15) is 0 Å². The standard InChI is InChI=1S/C18H17FN6O2/c19-10-1-2-14-15(5-10)25(22-17(14)20)11-3-4-21-16(7-11)23-8-13-6-12(23)9-24(13)18(26)27/h1-5,7,12-13H,6,8-9H2,(H2,20,22)(H,26,27). The van der Waals surface area contributed by atoms with Crippen molar-refractivity contribution in [3.05, 3.63) is 42.3 Å². The van der Waals surface area contributed by atoms with Crippen molar-refractivity contribution in [1.29, 1.82) is 0 Å². The number of hydrogen-bond donors (Lipinski definition) is 2. The van der Waals surface area contributed by atoms with Crippen LogP contribution >= 0.6 is 0 Å². The molecule has 27 heavy (non-hydrogen) atoms. The first-order chi connectivity index (χ1) is 13.0. The number of pyridine rings is 1. The van der Waals surface area contributed by atoms with Crippen LogP contribution in [0.15, 0.2) is 36.5 Å². The zero-order valence-electron chi connectivity index (χ0n) is 14.3. The zero-order valence-corrected chi connectivity index (χ0v) is 14.3. The number of nitrogens with zero attached hydrogens (tertiary/aromatic N) is 5. The molecule has 1 amide bonds. The number of likely N-dealkylation sites (tertiary alicyclic amines) is 1. The average Bonchev–Trinajstić information content (AvgIpc) is 3.34. The molecule has 3 N–H and O–H groups in total. The lowest BCUT2D eigenvalue weighted by Crippen LogP contribution is -2.48. The SMILES string of the molecule is Nc1nn(-c2ccnc(N3CC4CC3CN4C(=O)O)c2)c2cc(F)ccc12. The monoisotopic (exact) mass is 368 g/mol. The van der Waals surface area contributed by atoms with E-state index in [2.05, 4.69) is 15.0 Å². The number of piperazine rings is 1. The topological polar surface area (TPSA) is 101 Å². The predicted octanol–water partition coefficient (Wildman–Crippen LogP) is 2.08. The number of amides is 1. The number of anilines is 2. The van der Waals surface area contributed by atoms with Crippen LogP contribution in [0, 0.1) is 5.82 Å². The van der Waals surface area contributed by atoms with Crippen molar-refractivity contribution in [1.82, 2.24) is 19.7 Å². The van der Waals surface area contributed by atoms with Gasteiger partial charge in [0.25, 0.3) is 0 Å².